The Morgan fingerprint density at radius 1 is 1.19 bits per heavy atom. The summed E-state index contributed by atoms with van der Waals surface area (Å²) in [5, 5.41) is 9.02. The predicted molar refractivity (Wildman–Crippen MR) is 103 cm³/mol. The molecule has 2 aromatic carbocycles. The molecule has 0 atom stereocenters. The number of hydrogen-bond acceptors (Lipinski definition) is 4. The number of fused-ring (bicyclic) bond motifs is 3. The average Bonchev–Trinajstić information content (AvgIpc) is 2.97. The van der Waals surface area contributed by atoms with Crippen molar-refractivity contribution in [1.82, 2.24) is 9.38 Å². The van der Waals surface area contributed by atoms with Crippen molar-refractivity contribution >= 4 is 32.5 Å². The van der Waals surface area contributed by atoms with Crippen molar-refractivity contribution in [3.63, 3.8) is 0 Å². The highest BCUT2D eigenvalue weighted by molar-refractivity contribution is 7.23. The lowest BCUT2D eigenvalue weighted by Crippen LogP contribution is -2.16. The number of carboxylic acid groups (broad SMARTS) is 1. The van der Waals surface area contributed by atoms with Crippen LogP contribution in [0.15, 0.2) is 53.3 Å². The van der Waals surface area contributed by atoms with Gasteiger partial charge in [-0.25, -0.2) is 0 Å². The van der Waals surface area contributed by atoms with Gasteiger partial charge in [0.2, 0.25) is 0 Å². The fourth-order valence-electron chi connectivity index (χ4n) is 3.25. The maximum atomic E-state index is 12.6. The van der Waals surface area contributed by atoms with Crippen LogP contribution in [0, 0.1) is 0 Å². The zero-order chi connectivity index (χ0) is 18.3. The summed E-state index contributed by atoms with van der Waals surface area (Å²) < 4.78 is 2.93. The van der Waals surface area contributed by atoms with Crippen molar-refractivity contribution in [2.24, 2.45) is 0 Å². The van der Waals surface area contributed by atoms with Crippen molar-refractivity contribution in [2.75, 3.05) is 0 Å². The third-order valence-corrected chi connectivity index (χ3v) is 5.38. The number of carbonyl (C=O) groups is 1. The van der Waals surface area contributed by atoms with Gasteiger partial charge in [-0.1, -0.05) is 54.7 Å². The van der Waals surface area contributed by atoms with Gasteiger partial charge in [-0.3, -0.25) is 14.0 Å². The topological polar surface area (TPSA) is 71.7 Å². The minimum atomic E-state index is -0.865. The quantitative estimate of drug-likeness (QED) is 0.598. The van der Waals surface area contributed by atoms with Crippen LogP contribution in [-0.4, -0.2) is 20.5 Å². The molecule has 0 aliphatic carbocycles. The van der Waals surface area contributed by atoms with Crippen LogP contribution in [0.1, 0.15) is 18.1 Å². The smallest absolute Gasteiger partial charge is 0.307 e. The molecule has 26 heavy (non-hydrogen) atoms. The molecule has 1 N–H and O–H groups in total. The summed E-state index contributed by atoms with van der Waals surface area (Å²) in [6.07, 6.45) is 0.564. The highest BCUT2D eigenvalue weighted by atomic mass is 32.1. The first-order valence-corrected chi connectivity index (χ1v) is 9.14. The van der Waals surface area contributed by atoms with E-state index in [2.05, 4.69) is 4.98 Å². The Balaban J connectivity index is 2.09. The molecule has 0 amide bonds. The second kappa shape index (κ2) is 6.38. The van der Waals surface area contributed by atoms with E-state index in [1.54, 1.807) is 0 Å². The van der Waals surface area contributed by atoms with E-state index in [0.717, 1.165) is 27.0 Å². The van der Waals surface area contributed by atoms with E-state index in [1.165, 1.54) is 11.3 Å². The lowest BCUT2D eigenvalue weighted by Gasteiger charge is -2.11. The van der Waals surface area contributed by atoms with Crippen LogP contribution in [0.2, 0.25) is 0 Å². The summed E-state index contributed by atoms with van der Waals surface area (Å²) in [6.45, 7) is 1.96. The van der Waals surface area contributed by atoms with Crippen molar-refractivity contribution < 1.29 is 9.90 Å². The number of carboxylic acids is 1. The molecule has 0 saturated carbocycles. The maximum Gasteiger partial charge on any atom is 0.307 e. The molecule has 0 aliphatic rings. The van der Waals surface area contributed by atoms with E-state index >= 15 is 0 Å². The summed E-state index contributed by atoms with van der Waals surface area (Å²) >= 11 is 1.40. The molecular formula is C20H16N2O3S. The highest BCUT2D eigenvalue weighted by Gasteiger charge is 2.17. The van der Waals surface area contributed by atoms with Crippen molar-refractivity contribution in [3.05, 3.63) is 70.0 Å². The number of aliphatic carboxylic acids is 1. The van der Waals surface area contributed by atoms with Crippen LogP contribution in [0.5, 0.6) is 0 Å². The standard InChI is InChI=1S/C20H16N2O3S/c1-2-14-18(13-6-4-3-5-7-13)22-15-9-8-12(11-17(23)24)10-16(15)26-20(22)21-19(14)25/h3-10H,2,11H2,1H3,(H,23,24). The molecule has 4 aromatic rings. The van der Waals surface area contributed by atoms with Gasteiger partial charge in [-0.2, -0.15) is 4.98 Å². The molecule has 2 heterocycles. The van der Waals surface area contributed by atoms with E-state index in [4.69, 9.17) is 5.11 Å². The van der Waals surface area contributed by atoms with Gasteiger partial charge in [0.25, 0.3) is 5.56 Å². The van der Waals surface area contributed by atoms with Crippen LogP contribution in [0.25, 0.3) is 26.4 Å². The number of nitrogens with zero attached hydrogens (tertiary/aromatic N) is 2. The summed E-state index contributed by atoms with van der Waals surface area (Å²) in [4.78, 5) is 28.4. The Labute approximate surface area is 153 Å². The van der Waals surface area contributed by atoms with Crippen LogP contribution in [-0.2, 0) is 17.6 Å². The Kier molecular flexibility index (Phi) is 4.05. The first-order chi connectivity index (χ1) is 12.6. The molecule has 0 radical (unpaired) electrons. The first-order valence-electron chi connectivity index (χ1n) is 8.32. The highest BCUT2D eigenvalue weighted by Crippen LogP contribution is 2.32. The summed E-state index contributed by atoms with van der Waals surface area (Å²) in [6, 6.07) is 15.4. The van der Waals surface area contributed by atoms with Crippen molar-refractivity contribution in [2.45, 2.75) is 19.8 Å². The molecule has 0 aliphatic heterocycles. The number of aromatic nitrogens is 2. The zero-order valence-electron chi connectivity index (χ0n) is 14.1. The molecule has 5 nitrogen and oxygen atoms in total. The third kappa shape index (κ3) is 2.68. The van der Waals surface area contributed by atoms with E-state index in [0.29, 0.717) is 16.9 Å². The summed E-state index contributed by atoms with van der Waals surface area (Å²) in [5.41, 5.74) is 3.97. The molecule has 0 spiro atoms. The van der Waals surface area contributed by atoms with Crippen LogP contribution >= 0.6 is 11.3 Å². The molecule has 0 saturated heterocycles. The van der Waals surface area contributed by atoms with Gasteiger partial charge in [0.15, 0.2) is 4.96 Å². The number of hydrogen-bond donors (Lipinski definition) is 1. The minimum Gasteiger partial charge on any atom is -0.481 e. The van der Waals surface area contributed by atoms with Crippen molar-refractivity contribution in [1.29, 1.82) is 0 Å². The van der Waals surface area contributed by atoms with Gasteiger partial charge in [0.05, 0.1) is 22.3 Å². The maximum absolute atomic E-state index is 12.6. The fourth-order valence-corrected chi connectivity index (χ4v) is 4.33. The minimum absolute atomic E-state index is 0.0269. The normalized spacial score (nSPS) is 11.3. The van der Waals surface area contributed by atoms with Crippen molar-refractivity contribution in [3.8, 4) is 11.3 Å². The van der Waals surface area contributed by atoms with Crippen LogP contribution in [0.4, 0.5) is 0 Å². The summed E-state index contributed by atoms with van der Waals surface area (Å²) in [7, 11) is 0. The molecule has 0 fully saturated rings. The summed E-state index contributed by atoms with van der Waals surface area (Å²) in [5.74, 6) is -0.865. The van der Waals surface area contributed by atoms with E-state index in [9.17, 15) is 9.59 Å². The average molecular weight is 364 g/mol. The zero-order valence-corrected chi connectivity index (χ0v) is 14.9. The molecule has 0 bridgehead atoms. The Hall–Kier alpha value is -2.99. The third-order valence-electron chi connectivity index (χ3n) is 4.38. The second-order valence-electron chi connectivity index (χ2n) is 6.06. The SMILES string of the molecule is CCc1c(-c2ccccc2)n2c(nc1=O)sc1cc(CC(=O)O)ccc12. The molecule has 4 rings (SSSR count). The molecule has 2 aromatic heterocycles. The van der Waals surface area contributed by atoms with Crippen LogP contribution < -0.4 is 5.56 Å². The van der Waals surface area contributed by atoms with Crippen LogP contribution in [0.3, 0.4) is 0 Å². The second-order valence-corrected chi connectivity index (χ2v) is 7.07. The number of benzene rings is 2. The molecule has 130 valence electrons. The Morgan fingerprint density at radius 3 is 2.65 bits per heavy atom. The monoisotopic (exact) mass is 364 g/mol. The number of rotatable bonds is 4. The number of thiazole rings is 1. The van der Waals surface area contributed by atoms with Gasteiger partial charge >= 0.3 is 5.97 Å². The predicted octanol–water partition coefficient (Wildman–Crippen LogP) is 3.77. The fraction of sp³-hybridized carbons (Fsp3) is 0.150. The van der Waals surface area contributed by atoms with Gasteiger partial charge in [-0.05, 0) is 29.7 Å². The lowest BCUT2D eigenvalue weighted by atomic mass is 10.0. The van der Waals surface area contributed by atoms with Gasteiger partial charge in [0, 0.05) is 5.56 Å². The van der Waals surface area contributed by atoms with E-state index in [-0.39, 0.29) is 12.0 Å². The molecule has 0 unspecified atom stereocenters. The Morgan fingerprint density at radius 2 is 1.96 bits per heavy atom. The van der Waals surface area contributed by atoms with Gasteiger partial charge < -0.3 is 5.11 Å². The Bertz CT molecular complexity index is 1190. The van der Waals surface area contributed by atoms with E-state index < -0.39 is 5.97 Å². The molecular weight excluding hydrogens is 348 g/mol. The van der Waals surface area contributed by atoms with Gasteiger partial charge in [-0.15, -0.1) is 0 Å². The molecule has 6 heteroatoms. The lowest BCUT2D eigenvalue weighted by molar-refractivity contribution is -0.136. The first kappa shape index (κ1) is 16.5. The largest absolute Gasteiger partial charge is 0.481 e. The van der Waals surface area contributed by atoms with E-state index in [1.807, 2.05) is 59.9 Å². The van der Waals surface area contributed by atoms with Gasteiger partial charge in [0.1, 0.15) is 0 Å².